The van der Waals surface area contributed by atoms with Crippen molar-refractivity contribution in [3.05, 3.63) is 46.0 Å². The van der Waals surface area contributed by atoms with Crippen molar-refractivity contribution in [1.82, 2.24) is 15.0 Å². The minimum atomic E-state index is 0.153. The summed E-state index contributed by atoms with van der Waals surface area (Å²) in [5.74, 6) is 0.980. The van der Waals surface area contributed by atoms with E-state index >= 15 is 0 Å². The molecule has 3 heterocycles. The Bertz CT molecular complexity index is 1000. The highest BCUT2D eigenvalue weighted by atomic mass is 32.1. The number of benzene rings is 1. The molecule has 0 aliphatic rings. The molecule has 4 rings (SSSR count). The summed E-state index contributed by atoms with van der Waals surface area (Å²) in [5.41, 5.74) is 2.34. The molecule has 0 aliphatic carbocycles. The van der Waals surface area contributed by atoms with Gasteiger partial charge in [-0.1, -0.05) is 12.1 Å². The van der Waals surface area contributed by atoms with Gasteiger partial charge in [0.05, 0.1) is 21.6 Å². The molecule has 0 aliphatic heterocycles. The molecular weight excluding hydrogens is 336 g/mol. The monoisotopic (exact) mass is 354 g/mol. The van der Waals surface area contributed by atoms with Crippen LogP contribution in [0.3, 0.4) is 0 Å². The molecule has 0 unspecified atom stereocenters. The van der Waals surface area contributed by atoms with E-state index in [1.54, 1.807) is 29.0 Å². The molecule has 4 aromatic rings. The maximum atomic E-state index is 4.80. The minimum Gasteiger partial charge on any atom is -0.350 e. The molecule has 0 radical (unpaired) electrons. The zero-order valence-corrected chi connectivity index (χ0v) is 15.7. The first kappa shape index (κ1) is 15.5. The molecule has 0 amide bonds. The molecule has 0 N–H and O–H groups in total. The molecule has 6 heteroatoms. The van der Waals surface area contributed by atoms with Gasteiger partial charge in [-0.25, -0.2) is 15.0 Å². The van der Waals surface area contributed by atoms with Crippen LogP contribution in [0.1, 0.15) is 28.4 Å². The molecule has 0 saturated heterocycles. The minimum absolute atomic E-state index is 0.153. The van der Waals surface area contributed by atoms with Crippen molar-refractivity contribution in [2.45, 2.75) is 26.8 Å². The Morgan fingerprint density at radius 2 is 1.88 bits per heavy atom. The van der Waals surface area contributed by atoms with E-state index in [-0.39, 0.29) is 6.04 Å². The zero-order valence-electron chi connectivity index (χ0n) is 14.1. The second kappa shape index (κ2) is 5.79. The van der Waals surface area contributed by atoms with Gasteiger partial charge in [0.2, 0.25) is 0 Å². The largest absolute Gasteiger partial charge is 0.350 e. The number of fused-ring (bicyclic) bond motifs is 2. The average molecular weight is 355 g/mol. The van der Waals surface area contributed by atoms with Crippen molar-refractivity contribution in [3.8, 4) is 0 Å². The summed E-state index contributed by atoms with van der Waals surface area (Å²) in [6.07, 6.45) is 1.66. The van der Waals surface area contributed by atoms with E-state index in [9.17, 15) is 0 Å². The number of thiazole rings is 1. The van der Waals surface area contributed by atoms with Gasteiger partial charge in [-0.15, -0.1) is 22.7 Å². The molecular formula is C18H18N4S2. The van der Waals surface area contributed by atoms with Crippen molar-refractivity contribution < 1.29 is 0 Å². The number of nitrogens with zero attached hydrogens (tertiary/aromatic N) is 4. The Labute approximate surface area is 148 Å². The molecule has 4 nitrogen and oxygen atoms in total. The van der Waals surface area contributed by atoms with Gasteiger partial charge >= 0.3 is 0 Å². The molecule has 0 bridgehead atoms. The smallest absolute Gasteiger partial charge is 0.141 e. The first-order chi connectivity index (χ1) is 11.6. The Kier molecular flexibility index (Phi) is 3.73. The number of hydrogen-bond acceptors (Lipinski definition) is 6. The fraction of sp³-hybridized carbons (Fsp3) is 0.278. The second-order valence-electron chi connectivity index (χ2n) is 5.97. The van der Waals surface area contributed by atoms with Crippen molar-refractivity contribution in [2.24, 2.45) is 0 Å². The van der Waals surface area contributed by atoms with Gasteiger partial charge in [0.1, 0.15) is 22.0 Å². The predicted octanol–water partition coefficient (Wildman–Crippen LogP) is 5.12. The van der Waals surface area contributed by atoms with Crippen LogP contribution in [-0.2, 0) is 0 Å². The summed E-state index contributed by atoms with van der Waals surface area (Å²) in [4.78, 5) is 18.4. The van der Waals surface area contributed by atoms with Crippen LogP contribution in [-0.4, -0.2) is 22.0 Å². The van der Waals surface area contributed by atoms with E-state index in [0.29, 0.717) is 0 Å². The molecule has 24 heavy (non-hydrogen) atoms. The third kappa shape index (κ3) is 2.37. The van der Waals surface area contributed by atoms with Crippen LogP contribution >= 0.6 is 22.7 Å². The maximum absolute atomic E-state index is 4.80. The quantitative estimate of drug-likeness (QED) is 0.512. The fourth-order valence-electron chi connectivity index (χ4n) is 2.85. The zero-order chi connectivity index (χ0) is 16.8. The standard InChI is InChI=1S/C18H18N4S2/c1-10-12(3)23-18-15(10)16(19-9-20-18)22(4)11(2)17-21-13-7-5-6-8-14(13)24-17/h5-9,11H,1-4H3/t11-/m1/s1. The lowest BCUT2D eigenvalue weighted by molar-refractivity contribution is 0.726. The van der Waals surface area contributed by atoms with Crippen LogP contribution in [0.15, 0.2) is 30.6 Å². The van der Waals surface area contributed by atoms with Crippen molar-refractivity contribution >= 4 is 48.9 Å². The van der Waals surface area contributed by atoms with E-state index in [4.69, 9.17) is 4.98 Å². The topological polar surface area (TPSA) is 41.9 Å². The number of anilines is 1. The summed E-state index contributed by atoms with van der Waals surface area (Å²) in [7, 11) is 2.09. The number of aromatic nitrogens is 3. The number of thiophene rings is 1. The van der Waals surface area contributed by atoms with Gasteiger partial charge in [0.15, 0.2) is 0 Å². The lowest BCUT2D eigenvalue weighted by atomic mass is 10.2. The highest BCUT2D eigenvalue weighted by Crippen LogP contribution is 2.37. The maximum Gasteiger partial charge on any atom is 0.141 e. The number of rotatable bonds is 3. The number of para-hydroxylation sites is 1. The SMILES string of the molecule is Cc1sc2ncnc(N(C)[C@H](C)c3nc4ccccc4s3)c2c1C. The van der Waals surface area contributed by atoms with Crippen molar-refractivity contribution in [3.63, 3.8) is 0 Å². The third-order valence-electron chi connectivity index (χ3n) is 4.53. The molecule has 1 atom stereocenters. The molecule has 0 saturated carbocycles. The number of hydrogen-bond donors (Lipinski definition) is 0. The Morgan fingerprint density at radius 3 is 2.67 bits per heavy atom. The summed E-state index contributed by atoms with van der Waals surface area (Å²) in [6, 6.07) is 8.44. The van der Waals surface area contributed by atoms with Gasteiger partial charge in [-0.05, 0) is 38.5 Å². The molecule has 122 valence electrons. The lowest BCUT2D eigenvalue weighted by Crippen LogP contribution is -2.22. The summed E-state index contributed by atoms with van der Waals surface area (Å²) < 4.78 is 1.23. The van der Waals surface area contributed by atoms with E-state index in [1.807, 2.05) is 6.07 Å². The molecule has 1 aromatic carbocycles. The highest BCUT2D eigenvalue weighted by Gasteiger charge is 2.21. The van der Waals surface area contributed by atoms with Crippen LogP contribution in [0.2, 0.25) is 0 Å². The van der Waals surface area contributed by atoms with Gasteiger partial charge in [-0.2, -0.15) is 0 Å². The summed E-state index contributed by atoms with van der Waals surface area (Å²) in [6.45, 7) is 6.47. The van der Waals surface area contributed by atoms with Gasteiger partial charge < -0.3 is 4.90 Å². The summed E-state index contributed by atoms with van der Waals surface area (Å²) in [5, 5.41) is 2.27. The van der Waals surface area contributed by atoms with Crippen LogP contribution in [0.4, 0.5) is 5.82 Å². The van der Waals surface area contributed by atoms with Gasteiger partial charge in [-0.3, -0.25) is 0 Å². The van der Waals surface area contributed by atoms with Gasteiger partial charge in [0, 0.05) is 11.9 Å². The lowest BCUT2D eigenvalue weighted by Gasteiger charge is -2.25. The van der Waals surface area contributed by atoms with Crippen LogP contribution < -0.4 is 4.90 Å². The Hall–Kier alpha value is -2.05. The normalized spacial score (nSPS) is 12.8. The second-order valence-corrected chi connectivity index (χ2v) is 8.23. The molecule has 3 aromatic heterocycles. The molecule has 0 spiro atoms. The van der Waals surface area contributed by atoms with E-state index in [1.165, 1.54) is 15.1 Å². The number of aryl methyl sites for hydroxylation is 2. The molecule has 0 fully saturated rings. The van der Waals surface area contributed by atoms with Crippen LogP contribution in [0.25, 0.3) is 20.4 Å². The first-order valence-electron chi connectivity index (χ1n) is 7.85. The van der Waals surface area contributed by atoms with Crippen molar-refractivity contribution in [2.75, 3.05) is 11.9 Å². The van der Waals surface area contributed by atoms with E-state index < -0.39 is 0 Å². The van der Waals surface area contributed by atoms with E-state index in [0.717, 1.165) is 26.6 Å². The van der Waals surface area contributed by atoms with Crippen molar-refractivity contribution in [1.29, 1.82) is 0 Å². The highest BCUT2D eigenvalue weighted by molar-refractivity contribution is 7.19. The van der Waals surface area contributed by atoms with Gasteiger partial charge in [0.25, 0.3) is 0 Å². The predicted molar refractivity (Wildman–Crippen MR) is 103 cm³/mol. The Balaban J connectivity index is 1.79. The summed E-state index contributed by atoms with van der Waals surface area (Å²) >= 11 is 3.48. The Morgan fingerprint density at radius 1 is 1.08 bits per heavy atom. The third-order valence-corrected chi connectivity index (χ3v) is 6.85. The average Bonchev–Trinajstić information content (AvgIpc) is 3.15. The fourth-order valence-corrected chi connectivity index (χ4v) is 4.90. The van der Waals surface area contributed by atoms with E-state index in [2.05, 4.69) is 60.9 Å². The first-order valence-corrected chi connectivity index (χ1v) is 9.48. The van der Waals surface area contributed by atoms with Crippen LogP contribution in [0, 0.1) is 13.8 Å². The van der Waals surface area contributed by atoms with Crippen LogP contribution in [0.5, 0.6) is 0 Å².